The van der Waals surface area contributed by atoms with E-state index in [1.807, 2.05) is 18.5 Å². The van der Waals surface area contributed by atoms with E-state index in [9.17, 15) is 8.42 Å². The van der Waals surface area contributed by atoms with Gasteiger partial charge in [0.1, 0.15) is 5.75 Å². The lowest BCUT2D eigenvalue weighted by Gasteiger charge is -2.13. The molecule has 0 unspecified atom stereocenters. The highest BCUT2D eigenvalue weighted by Crippen LogP contribution is 2.25. The lowest BCUT2D eigenvalue weighted by Crippen LogP contribution is -2.27. The summed E-state index contributed by atoms with van der Waals surface area (Å²) in [7, 11) is -1.95. The van der Waals surface area contributed by atoms with Crippen LogP contribution in [-0.2, 0) is 16.4 Å². The molecule has 0 aliphatic carbocycles. The van der Waals surface area contributed by atoms with Gasteiger partial charge in [0.25, 0.3) is 0 Å². The van der Waals surface area contributed by atoms with Gasteiger partial charge in [0.15, 0.2) is 0 Å². The van der Waals surface area contributed by atoms with E-state index in [0.29, 0.717) is 34.7 Å². The number of rotatable bonds is 6. The van der Waals surface area contributed by atoms with Crippen molar-refractivity contribution in [2.45, 2.75) is 25.2 Å². The largest absolute Gasteiger partial charge is 0.497 e. The zero-order valence-corrected chi connectivity index (χ0v) is 13.3. The summed E-state index contributed by atoms with van der Waals surface area (Å²) >= 11 is 0. The summed E-state index contributed by atoms with van der Waals surface area (Å²) in [6.45, 7) is 3.91. The van der Waals surface area contributed by atoms with Crippen molar-refractivity contribution in [3.8, 4) is 5.75 Å². The second-order valence-corrected chi connectivity index (χ2v) is 6.66. The van der Waals surface area contributed by atoms with Gasteiger partial charge in [0, 0.05) is 18.9 Å². The lowest BCUT2D eigenvalue weighted by atomic mass is 10.1. The first-order valence-electron chi connectivity index (χ1n) is 6.70. The summed E-state index contributed by atoms with van der Waals surface area (Å²) in [5, 5.41) is 0. The number of sulfonamides is 1. The summed E-state index contributed by atoms with van der Waals surface area (Å²) in [4.78, 5) is 3.28. The minimum Gasteiger partial charge on any atom is -0.497 e. The first-order chi connectivity index (χ1) is 9.94. The summed E-state index contributed by atoms with van der Waals surface area (Å²) in [6, 6.07) is 5.39. The molecule has 0 saturated carbocycles. The molecular weight excluding hydrogens is 288 g/mol. The number of aryl methyl sites for hydroxylation is 2. The van der Waals surface area contributed by atoms with Crippen molar-refractivity contribution in [2.24, 2.45) is 0 Å². The van der Waals surface area contributed by atoms with Gasteiger partial charge in [-0.05, 0) is 55.2 Å². The Morgan fingerprint density at radius 2 is 1.90 bits per heavy atom. The molecule has 2 N–H and O–H groups in total. The van der Waals surface area contributed by atoms with E-state index < -0.39 is 10.0 Å². The summed E-state index contributed by atoms with van der Waals surface area (Å²) in [5.74, 6) is 0.663. The Morgan fingerprint density at radius 3 is 2.43 bits per heavy atom. The number of nitrogens with one attached hydrogen (secondary N) is 2. The van der Waals surface area contributed by atoms with Crippen LogP contribution in [0.3, 0.4) is 0 Å². The van der Waals surface area contributed by atoms with Gasteiger partial charge in [-0.3, -0.25) is 0 Å². The first-order valence-corrected chi connectivity index (χ1v) is 8.19. The van der Waals surface area contributed by atoms with Gasteiger partial charge in [0.05, 0.1) is 12.0 Å². The standard InChI is InChI=1S/C15H20N2O3S/c1-11-8-14(20-3)9-12(2)15(11)21(18,19)17-7-5-13-4-6-16-10-13/h4,6,8-10,16-17H,5,7H2,1-3H3. The van der Waals surface area contributed by atoms with Crippen LogP contribution in [0.5, 0.6) is 5.75 Å². The third-order valence-electron chi connectivity index (χ3n) is 3.31. The molecule has 2 aromatic rings. The van der Waals surface area contributed by atoms with E-state index in [-0.39, 0.29) is 0 Å². The van der Waals surface area contributed by atoms with Crippen LogP contribution < -0.4 is 9.46 Å². The first kappa shape index (κ1) is 15.6. The van der Waals surface area contributed by atoms with Gasteiger partial charge in [-0.1, -0.05) is 0 Å². The maximum Gasteiger partial charge on any atom is 0.241 e. The van der Waals surface area contributed by atoms with Crippen molar-refractivity contribution in [2.75, 3.05) is 13.7 Å². The van der Waals surface area contributed by atoms with E-state index in [0.717, 1.165) is 5.56 Å². The summed E-state index contributed by atoms with van der Waals surface area (Å²) in [5.41, 5.74) is 2.43. The number of hydrogen-bond acceptors (Lipinski definition) is 3. The summed E-state index contributed by atoms with van der Waals surface area (Å²) in [6.07, 6.45) is 4.33. The zero-order chi connectivity index (χ0) is 15.5. The van der Waals surface area contributed by atoms with Crippen LogP contribution in [0.15, 0.2) is 35.5 Å². The van der Waals surface area contributed by atoms with Crippen LogP contribution in [0, 0.1) is 13.8 Å². The average molecular weight is 308 g/mol. The SMILES string of the molecule is COc1cc(C)c(S(=O)(=O)NCCc2cc[nH]c2)c(C)c1. The second kappa shape index (κ2) is 6.32. The Kier molecular flexibility index (Phi) is 4.69. The third-order valence-corrected chi connectivity index (χ3v) is 5.07. The highest BCUT2D eigenvalue weighted by atomic mass is 32.2. The van der Waals surface area contributed by atoms with Crippen molar-refractivity contribution in [1.82, 2.24) is 9.71 Å². The van der Waals surface area contributed by atoms with Gasteiger partial charge in [0.2, 0.25) is 10.0 Å². The highest BCUT2D eigenvalue weighted by Gasteiger charge is 2.20. The minimum absolute atomic E-state index is 0.331. The molecule has 1 heterocycles. The van der Waals surface area contributed by atoms with Crippen LogP contribution in [0.1, 0.15) is 16.7 Å². The number of aromatic nitrogens is 1. The molecule has 0 radical (unpaired) electrons. The van der Waals surface area contributed by atoms with E-state index in [2.05, 4.69) is 9.71 Å². The lowest BCUT2D eigenvalue weighted by molar-refractivity contribution is 0.413. The maximum absolute atomic E-state index is 12.4. The minimum atomic E-state index is -3.52. The Hall–Kier alpha value is -1.79. The Bertz CT molecular complexity index is 684. The van der Waals surface area contributed by atoms with E-state index in [4.69, 9.17) is 4.74 Å². The molecule has 1 aromatic carbocycles. The number of H-pyrrole nitrogens is 1. The molecular formula is C15H20N2O3S. The Balaban J connectivity index is 2.15. The van der Waals surface area contributed by atoms with Crippen LogP contribution in [0.4, 0.5) is 0 Å². The quantitative estimate of drug-likeness (QED) is 0.859. The number of ether oxygens (including phenoxy) is 1. The van der Waals surface area contributed by atoms with Crippen molar-refractivity contribution >= 4 is 10.0 Å². The molecule has 1 aromatic heterocycles. The Morgan fingerprint density at radius 1 is 1.24 bits per heavy atom. The van der Waals surface area contributed by atoms with E-state index >= 15 is 0 Å². The second-order valence-electron chi connectivity index (χ2n) is 4.96. The van der Waals surface area contributed by atoms with Gasteiger partial charge in [-0.15, -0.1) is 0 Å². The van der Waals surface area contributed by atoms with Crippen LogP contribution in [0.2, 0.25) is 0 Å². The molecule has 0 atom stereocenters. The molecule has 2 rings (SSSR count). The molecule has 114 valence electrons. The van der Waals surface area contributed by atoms with Gasteiger partial charge in [-0.25, -0.2) is 13.1 Å². The molecule has 0 aliphatic heterocycles. The Labute approximate surface area is 125 Å². The molecule has 0 amide bonds. The van der Waals surface area contributed by atoms with Crippen molar-refractivity contribution < 1.29 is 13.2 Å². The monoisotopic (exact) mass is 308 g/mol. The van der Waals surface area contributed by atoms with Crippen LogP contribution >= 0.6 is 0 Å². The normalized spacial score (nSPS) is 11.6. The molecule has 5 nitrogen and oxygen atoms in total. The van der Waals surface area contributed by atoms with E-state index in [1.54, 1.807) is 33.1 Å². The molecule has 0 bridgehead atoms. The van der Waals surface area contributed by atoms with Gasteiger partial charge >= 0.3 is 0 Å². The molecule has 0 spiro atoms. The fourth-order valence-electron chi connectivity index (χ4n) is 2.37. The molecule has 0 fully saturated rings. The molecule has 21 heavy (non-hydrogen) atoms. The van der Waals surface area contributed by atoms with Crippen molar-refractivity contribution in [3.05, 3.63) is 47.3 Å². The van der Waals surface area contributed by atoms with Crippen molar-refractivity contribution in [1.29, 1.82) is 0 Å². The summed E-state index contributed by atoms with van der Waals surface area (Å²) < 4.78 is 32.7. The zero-order valence-electron chi connectivity index (χ0n) is 12.4. The highest BCUT2D eigenvalue weighted by molar-refractivity contribution is 7.89. The maximum atomic E-state index is 12.4. The third kappa shape index (κ3) is 3.65. The smallest absolute Gasteiger partial charge is 0.241 e. The number of methoxy groups -OCH3 is 1. The topological polar surface area (TPSA) is 71.2 Å². The fraction of sp³-hybridized carbons (Fsp3) is 0.333. The number of hydrogen-bond donors (Lipinski definition) is 2. The average Bonchev–Trinajstić information content (AvgIpc) is 2.90. The van der Waals surface area contributed by atoms with Crippen LogP contribution in [-0.4, -0.2) is 27.1 Å². The molecule has 0 aliphatic rings. The predicted molar refractivity (Wildman–Crippen MR) is 82.2 cm³/mol. The number of benzene rings is 1. The predicted octanol–water partition coefficient (Wildman–Crippen LogP) is 2.16. The van der Waals surface area contributed by atoms with Crippen LogP contribution in [0.25, 0.3) is 0 Å². The fourth-order valence-corrected chi connectivity index (χ4v) is 3.85. The van der Waals surface area contributed by atoms with Gasteiger partial charge in [-0.2, -0.15) is 0 Å². The van der Waals surface area contributed by atoms with Crippen molar-refractivity contribution in [3.63, 3.8) is 0 Å². The molecule has 0 saturated heterocycles. The number of aromatic amines is 1. The molecule has 6 heteroatoms. The van der Waals surface area contributed by atoms with E-state index in [1.165, 1.54) is 0 Å². The van der Waals surface area contributed by atoms with Gasteiger partial charge < -0.3 is 9.72 Å².